The van der Waals surface area contributed by atoms with Crippen molar-refractivity contribution in [2.24, 2.45) is 5.16 Å². The van der Waals surface area contributed by atoms with Crippen LogP contribution in [0.4, 0.5) is 10.2 Å². The summed E-state index contributed by atoms with van der Waals surface area (Å²) in [6.07, 6.45) is 1.74. The first-order valence-electron chi connectivity index (χ1n) is 7.99. The van der Waals surface area contributed by atoms with E-state index < -0.39 is 0 Å². The normalized spacial score (nSPS) is 11.8. The summed E-state index contributed by atoms with van der Waals surface area (Å²) in [7, 11) is 0. The maximum atomic E-state index is 14.3. The van der Waals surface area contributed by atoms with Crippen LogP contribution in [0.2, 0.25) is 0 Å². The molecule has 0 aliphatic carbocycles. The SMILES string of the molecule is Nc1nc2ccc(/C(=N/O)c3ccccc3)cn2c1-c1ccccc1F. The Morgan fingerprint density at radius 1 is 0.962 bits per heavy atom. The van der Waals surface area contributed by atoms with Gasteiger partial charge in [-0.3, -0.25) is 4.40 Å². The highest BCUT2D eigenvalue weighted by Crippen LogP contribution is 2.29. The van der Waals surface area contributed by atoms with E-state index in [1.54, 1.807) is 40.9 Å². The van der Waals surface area contributed by atoms with Crippen LogP contribution in [-0.4, -0.2) is 20.3 Å². The Morgan fingerprint density at radius 2 is 1.69 bits per heavy atom. The van der Waals surface area contributed by atoms with Gasteiger partial charge in [0.15, 0.2) is 5.82 Å². The van der Waals surface area contributed by atoms with Crippen molar-refractivity contribution in [1.29, 1.82) is 0 Å². The molecule has 0 saturated carbocycles. The van der Waals surface area contributed by atoms with Gasteiger partial charge in [-0.1, -0.05) is 47.6 Å². The molecule has 0 amide bonds. The third-order valence-electron chi connectivity index (χ3n) is 4.20. The van der Waals surface area contributed by atoms with Crippen LogP contribution in [0.15, 0.2) is 78.1 Å². The van der Waals surface area contributed by atoms with E-state index in [9.17, 15) is 9.60 Å². The first-order valence-corrected chi connectivity index (χ1v) is 7.99. The molecule has 0 aliphatic rings. The number of aromatic nitrogens is 2. The molecule has 2 aromatic heterocycles. The molecule has 0 spiro atoms. The number of fused-ring (bicyclic) bond motifs is 1. The van der Waals surface area contributed by atoms with Crippen LogP contribution >= 0.6 is 0 Å². The van der Waals surface area contributed by atoms with Gasteiger partial charge in [-0.2, -0.15) is 0 Å². The maximum Gasteiger partial charge on any atom is 0.150 e. The molecule has 0 atom stereocenters. The minimum atomic E-state index is -0.384. The summed E-state index contributed by atoms with van der Waals surface area (Å²) >= 11 is 0. The van der Waals surface area contributed by atoms with E-state index in [4.69, 9.17) is 5.73 Å². The molecule has 2 heterocycles. The van der Waals surface area contributed by atoms with Crippen LogP contribution in [0.1, 0.15) is 11.1 Å². The highest BCUT2D eigenvalue weighted by molar-refractivity contribution is 6.12. The number of hydrogen-bond acceptors (Lipinski definition) is 4. The Hall–Kier alpha value is -3.67. The fraction of sp³-hybridized carbons (Fsp3) is 0. The Labute approximate surface area is 148 Å². The fourth-order valence-electron chi connectivity index (χ4n) is 3.00. The van der Waals surface area contributed by atoms with Crippen molar-refractivity contribution in [2.45, 2.75) is 0 Å². The number of nitrogen functional groups attached to an aromatic ring is 1. The van der Waals surface area contributed by atoms with Crippen LogP contribution in [0.5, 0.6) is 0 Å². The Morgan fingerprint density at radius 3 is 2.42 bits per heavy atom. The van der Waals surface area contributed by atoms with Gasteiger partial charge in [0.05, 0.1) is 5.69 Å². The van der Waals surface area contributed by atoms with E-state index in [2.05, 4.69) is 10.1 Å². The monoisotopic (exact) mass is 346 g/mol. The first kappa shape index (κ1) is 15.8. The number of hydrogen-bond donors (Lipinski definition) is 2. The molecular formula is C20H15FN4O. The quantitative estimate of drug-likeness (QED) is 0.335. The third-order valence-corrected chi connectivity index (χ3v) is 4.20. The molecule has 3 N–H and O–H groups in total. The van der Waals surface area contributed by atoms with Crippen molar-refractivity contribution >= 4 is 17.2 Å². The van der Waals surface area contributed by atoms with E-state index >= 15 is 0 Å². The smallest absolute Gasteiger partial charge is 0.150 e. The van der Waals surface area contributed by atoms with Crippen molar-refractivity contribution < 1.29 is 9.60 Å². The number of imidazole rings is 1. The first-order chi connectivity index (χ1) is 12.7. The minimum absolute atomic E-state index is 0.231. The lowest BCUT2D eigenvalue weighted by Gasteiger charge is -2.08. The summed E-state index contributed by atoms with van der Waals surface area (Å²) < 4.78 is 16.0. The fourth-order valence-corrected chi connectivity index (χ4v) is 3.00. The topological polar surface area (TPSA) is 75.9 Å². The highest BCUT2D eigenvalue weighted by atomic mass is 19.1. The van der Waals surface area contributed by atoms with Crippen molar-refractivity contribution in [3.05, 3.63) is 89.9 Å². The van der Waals surface area contributed by atoms with E-state index in [1.807, 2.05) is 30.3 Å². The van der Waals surface area contributed by atoms with Gasteiger partial charge >= 0.3 is 0 Å². The summed E-state index contributed by atoms with van der Waals surface area (Å²) in [6.45, 7) is 0. The summed E-state index contributed by atoms with van der Waals surface area (Å²) in [5.41, 5.74) is 9.26. The van der Waals surface area contributed by atoms with Gasteiger partial charge in [-0.25, -0.2) is 9.37 Å². The number of rotatable bonds is 3. The molecule has 0 saturated heterocycles. The minimum Gasteiger partial charge on any atom is -0.410 e. The molecule has 26 heavy (non-hydrogen) atoms. The molecule has 0 aliphatic heterocycles. The predicted octanol–water partition coefficient (Wildman–Crippen LogP) is 3.95. The maximum absolute atomic E-state index is 14.3. The van der Waals surface area contributed by atoms with Gasteiger partial charge in [0.1, 0.15) is 17.2 Å². The molecular weight excluding hydrogens is 331 g/mol. The van der Waals surface area contributed by atoms with Gasteiger partial charge in [-0.15, -0.1) is 0 Å². The molecule has 2 aromatic carbocycles. The predicted molar refractivity (Wildman–Crippen MR) is 98.9 cm³/mol. The number of anilines is 1. The number of benzene rings is 2. The Balaban J connectivity index is 1.93. The van der Waals surface area contributed by atoms with Gasteiger partial charge < -0.3 is 10.9 Å². The van der Waals surface area contributed by atoms with E-state index in [0.717, 1.165) is 5.56 Å². The van der Waals surface area contributed by atoms with Gasteiger partial charge in [0, 0.05) is 22.9 Å². The van der Waals surface area contributed by atoms with Crippen LogP contribution in [0.3, 0.4) is 0 Å². The summed E-state index contributed by atoms with van der Waals surface area (Å²) in [6, 6.07) is 19.2. The summed E-state index contributed by atoms with van der Waals surface area (Å²) in [4.78, 5) is 4.30. The van der Waals surface area contributed by atoms with E-state index in [-0.39, 0.29) is 11.6 Å². The third kappa shape index (κ3) is 2.57. The molecule has 128 valence electrons. The largest absolute Gasteiger partial charge is 0.410 e. The van der Waals surface area contributed by atoms with Gasteiger partial charge in [0.2, 0.25) is 0 Å². The molecule has 0 radical (unpaired) electrons. The van der Waals surface area contributed by atoms with Crippen LogP contribution in [-0.2, 0) is 0 Å². The van der Waals surface area contributed by atoms with Crippen molar-refractivity contribution in [3.8, 4) is 11.3 Å². The highest BCUT2D eigenvalue weighted by Gasteiger charge is 2.17. The lowest BCUT2D eigenvalue weighted by Crippen LogP contribution is -2.05. The van der Waals surface area contributed by atoms with Gasteiger partial charge in [-0.05, 0) is 24.3 Å². The molecule has 0 bridgehead atoms. The van der Waals surface area contributed by atoms with E-state index in [0.29, 0.717) is 28.2 Å². The summed E-state index contributed by atoms with van der Waals surface area (Å²) in [5.74, 6) is -0.153. The number of halogens is 1. The van der Waals surface area contributed by atoms with E-state index in [1.165, 1.54) is 6.07 Å². The summed E-state index contributed by atoms with van der Waals surface area (Å²) in [5, 5.41) is 13.0. The van der Waals surface area contributed by atoms with Crippen LogP contribution in [0.25, 0.3) is 16.9 Å². The van der Waals surface area contributed by atoms with Crippen LogP contribution in [0, 0.1) is 5.82 Å². The number of pyridine rings is 1. The molecule has 4 aromatic rings. The average molecular weight is 346 g/mol. The van der Waals surface area contributed by atoms with Crippen molar-refractivity contribution in [3.63, 3.8) is 0 Å². The number of oxime groups is 1. The molecule has 6 heteroatoms. The zero-order chi connectivity index (χ0) is 18.1. The molecule has 0 unspecified atom stereocenters. The number of nitrogens with two attached hydrogens (primary N) is 1. The lowest BCUT2D eigenvalue weighted by molar-refractivity contribution is 0.319. The zero-order valence-electron chi connectivity index (χ0n) is 13.7. The second-order valence-electron chi connectivity index (χ2n) is 5.79. The zero-order valence-corrected chi connectivity index (χ0v) is 13.7. The number of nitrogens with zero attached hydrogens (tertiary/aromatic N) is 3. The molecule has 4 rings (SSSR count). The Kier molecular flexibility index (Phi) is 3.85. The second-order valence-corrected chi connectivity index (χ2v) is 5.79. The van der Waals surface area contributed by atoms with Gasteiger partial charge in [0.25, 0.3) is 0 Å². The molecule has 5 nitrogen and oxygen atoms in total. The van der Waals surface area contributed by atoms with Crippen molar-refractivity contribution in [2.75, 3.05) is 5.73 Å². The second kappa shape index (κ2) is 6.33. The lowest BCUT2D eigenvalue weighted by atomic mass is 10.0. The standard InChI is InChI=1S/C20H15FN4O/c21-16-9-5-4-8-15(16)19-20(22)23-17-11-10-14(12-25(17)19)18(24-26)13-6-2-1-3-7-13/h1-12,26H,22H2/b24-18+. The average Bonchev–Trinajstić information content (AvgIpc) is 2.99. The van der Waals surface area contributed by atoms with Crippen LogP contribution < -0.4 is 5.73 Å². The van der Waals surface area contributed by atoms with Crippen molar-refractivity contribution in [1.82, 2.24) is 9.38 Å². The Bertz CT molecular complexity index is 1120. The molecule has 0 fully saturated rings.